The third kappa shape index (κ3) is 4.17. The Morgan fingerprint density at radius 3 is 2.47 bits per heavy atom. The average molecular weight is 444 g/mol. The molecule has 0 N–H and O–H groups in total. The van der Waals surface area contributed by atoms with Crippen LogP contribution in [0.5, 0.6) is 0 Å². The zero-order valence-electron chi connectivity index (χ0n) is 18.9. The van der Waals surface area contributed by atoms with E-state index >= 15 is 0 Å². The van der Waals surface area contributed by atoms with Gasteiger partial charge in [0.2, 0.25) is 5.91 Å². The van der Waals surface area contributed by atoms with Crippen LogP contribution in [0.3, 0.4) is 0 Å². The molecule has 3 rings (SSSR count). The summed E-state index contributed by atoms with van der Waals surface area (Å²) in [5.41, 5.74) is 1.23. The number of ether oxygens (including phenoxy) is 1. The minimum Gasteiger partial charge on any atom is -0.463 e. The number of nitrogens with zero attached hydrogens (tertiary/aromatic N) is 3. The predicted molar refractivity (Wildman–Crippen MR) is 115 cm³/mol. The molecular weight excluding hydrogens is 414 g/mol. The van der Waals surface area contributed by atoms with Crippen LogP contribution in [0.2, 0.25) is 0 Å². The molecule has 9 heteroatoms. The van der Waals surface area contributed by atoms with Crippen LogP contribution in [0.1, 0.15) is 59.9 Å². The summed E-state index contributed by atoms with van der Waals surface area (Å²) in [5, 5.41) is 0. The molecule has 0 spiro atoms. The molecule has 32 heavy (non-hydrogen) atoms. The zero-order chi connectivity index (χ0) is 23.6. The molecule has 0 saturated carbocycles. The molecule has 1 fully saturated rings. The predicted octanol–water partition coefficient (Wildman–Crippen LogP) is 1.38. The number of esters is 1. The summed E-state index contributed by atoms with van der Waals surface area (Å²) in [6.45, 7) is 8.49. The van der Waals surface area contributed by atoms with Crippen molar-refractivity contribution >= 4 is 29.6 Å². The van der Waals surface area contributed by atoms with Crippen LogP contribution >= 0.6 is 0 Å². The molecule has 2 heterocycles. The minimum absolute atomic E-state index is 0.0204. The summed E-state index contributed by atoms with van der Waals surface area (Å²) in [6.07, 6.45) is 0.101. The van der Waals surface area contributed by atoms with E-state index in [1.807, 2.05) is 18.7 Å². The topological polar surface area (TPSA) is 104 Å². The maximum atomic E-state index is 13.1. The Bertz CT molecular complexity index is 955. The van der Waals surface area contributed by atoms with Gasteiger partial charge in [0.25, 0.3) is 17.7 Å². The molecule has 172 valence electrons. The van der Waals surface area contributed by atoms with Crippen molar-refractivity contribution in [2.45, 2.75) is 52.6 Å². The fourth-order valence-corrected chi connectivity index (χ4v) is 4.33. The molecule has 1 saturated heterocycles. The molecule has 1 unspecified atom stereocenters. The second-order valence-corrected chi connectivity index (χ2v) is 7.98. The molecule has 4 amide bonds. The van der Waals surface area contributed by atoms with Gasteiger partial charge in [-0.1, -0.05) is 26.0 Å². The van der Waals surface area contributed by atoms with Gasteiger partial charge in [-0.25, -0.2) is 0 Å². The van der Waals surface area contributed by atoms with Crippen molar-refractivity contribution in [2.24, 2.45) is 0 Å². The van der Waals surface area contributed by atoms with E-state index in [4.69, 9.17) is 4.74 Å². The highest BCUT2D eigenvalue weighted by atomic mass is 16.5. The number of imide groups is 2. The number of hydrogen-bond acceptors (Lipinski definition) is 7. The number of benzene rings is 1. The van der Waals surface area contributed by atoms with Crippen LogP contribution in [0.25, 0.3) is 0 Å². The quantitative estimate of drug-likeness (QED) is 0.442. The first-order valence-electron chi connectivity index (χ1n) is 10.9. The molecule has 0 radical (unpaired) electrons. The minimum atomic E-state index is -1.05. The summed E-state index contributed by atoms with van der Waals surface area (Å²) < 4.78 is 5.28. The average Bonchev–Trinajstić information content (AvgIpc) is 3.02. The highest BCUT2D eigenvalue weighted by Crippen LogP contribution is 2.30. The van der Waals surface area contributed by atoms with E-state index < -0.39 is 41.7 Å². The Morgan fingerprint density at radius 1 is 1.16 bits per heavy atom. The Labute approximate surface area is 187 Å². The van der Waals surface area contributed by atoms with Crippen LogP contribution in [0, 0.1) is 6.92 Å². The number of aryl methyl sites for hydroxylation is 1. The number of carbonyl (C=O) groups is 5. The molecule has 0 aliphatic carbocycles. The van der Waals surface area contributed by atoms with Crippen LogP contribution in [-0.4, -0.2) is 82.6 Å². The van der Waals surface area contributed by atoms with Crippen LogP contribution in [-0.2, 0) is 19.1 Å². The normalized spacial score (nSPS) is 19.6. The van der Waals surface area contributed by atoms with Gasteiger partial charge in [-0.2, -0.15) is 0 Å². The summed E-state index contributed by atoms with van der Waals surface area (Å²) in [6, 6.07) is 3.50. The maximum absolute atomic E-state index is 13.1. The van der Waals surface area contributed by atoms with Crippen LogP contribution < -0.4 is 0 Å². The second kappa shape index (κ2) is 9.60. The van der Waals surface area contributed by atoms with Gasteiger partial charge < -0.3 is 4.74 Å². The van der Waals surface area contributed by atoms with Crippen molar-refractivity contribution in [3.05, 3.63) is 34.9 Å². The Morgan fingerprint density at radius 2 is 1.84 bits per heavy atom. The maximum Gasteiger partial charge on any atom is 0.323 e. The van der Waals surface area contributed by atoms with Crippen molar-refractivity contribution in [3.8, 4) is 0 Å². The monoisotopic (exact) mass is 443 g/mol. The van der Waals surface area contributed by atoms with Gasteiger partial charge in [0, 0.05) is 6.42 Å². The molecule has 0 bridgehead atoms. The number of rotatable bonds is 8. The fourth-order valence-electron chi connectivity index (χ4n) is 4.33. The lowest BCUT2D eigenvalue weighted by atomic mass is 10.0. The van der Waals surface area contributed by atoms with E-state index in [0.29, 0.717) is 24.2 Å². The highest BCUT2D eigenvalue weighted by molar-refractivity contribution is 6.24. The zero-order valence-corrected chi connectivity index (χ0v) is 18.9. The van der Waals surface area contributed by atoms with E-state index in [1.165, 1.54) is 0 Å². The third-order valence-corrected chi connectivity index (χ3v) is 6.21. The molecule has 2 aliphatic heterocycles. The Kier molecular flexibility index (Phi) is 7.08. The summed E-state index contributed by atoms with van der Waals surface area (Å²) in [4.78, 5) is 67.4. The third-order valence-electron chi connectivity index (χ3n) is 6.21. The largest absolute Gasteiger partial charge is 0.463 e. The van der Waals surface area contributed by atoms with Gasteiger partial charge in [0.15, 0.2) is 0 Å². The summed E-state index contributed by atoms with van der Waals surface area (Å²) in [7, 11) is 0. The Hall–Kier alpha value is -3.07. The number of fused-ring (bicyclic) bond motifs is 1. The number of carbonyl (C=O) groups excluding carboxylic acids is 5. The Balaban J connectivity index is 1.68. The van der Waals surface area contributed by atoms with Gasteiger partial charge in [-0.05, 0) is 45.0 Å². The molecule has 2 aliphatic rings. The number of amides is 4. The number of hydrogen-bond donors (Lipinski definition) is 0. The molecule has 0 aromatic heterocycles. The summed E-state index contributed by atoms with van der Waals surface area (Å²) in [5.74, 6) is -2.51. The molecule has 9 nitrogen and oxygen atoms in total. The van der Waals surface area contributed by atoms with E-state index in [9.17, 15) is 24.0 Å². The molecule has 1 aromatic rings. The lowest BCUT2D eigenvalue weighted by Gasteiger charge is -2.34. The van der Waals surface area contributed by atoms with Gasteiger partial charge in [0.1, 0.15) is 18.7 Å². The van der Waals surface area contributed by atoms with Gasteiger partial charge in [-0.3, -0.25) is 38.7 Å². The van der Waals surface area contributed by atoms with Crippen molar-refractivity contribution in [1.82, 2.24) is 14.7 Å². The van der Waals surface area contributed by atoms with E-state index in [1.54, 1.807) is 32.0 Å². The van der Waals surface area contributed by atoms with Crippen LogP contribution in [0.4, 0.5) is 0 Å². The fraction of sp³-hybridized carbons (Fsp3) is 0.522. The van der Waals surface area contributed by atoms with Gasteiger partial charge in [0.05, 0.1) is 17.7 Å². The second-order valence-electron chi connectivity index (χ2n) is 7.98. The van der Waals surface area contributed by atoms with Gasteiger partial charge in [-0.15, -0.1) is 0 Å². The molecule has 2 atom stereocenters. The van der Waals surface area contributed by atoms with E-state index in [-0.39, 0.29) is 31.6 Å². The van der Waals surface area contributed by atoms with Crippen LogP contribution in [0.15, 0.2) is 18.2 Å². The molecular formula is C23H29N3O6. The number of likely N-dealkylation sites (N-methyl/N-ethyl adjacent to an activating group) is 1. The van der Waals surface area contributed by atoms with E-state index in [2.05, 4.69) is 0 Å². The SMILES string of the molecule is CCN(CC)[C@@H](C)C(=O)OCCN1C(=O)CCC(N2C(=O)c3cccc(C)c3C2=O)C1=O. The van der Waals surface area contributed by atoms with Crippen molar-refractivity contribution < 1.29 is 28.7 Å². The van der Waals surface area contributed by atoms with Gasteiger partial charge >= 0.3 is 5.97 Å². The lowest BCUT2D eigenvalue weighted by Crippen LogP contribution is -2.56. The lowest BCUT2D eigenvalue weighted by molar-refractivity contribution is -0.157. The summed E-state index contributed by atoms with van der Waals surface area (Å²) >= 11 is 0. The number of likely N-dealkylation sites (tertiary alicyclic amines) is 1. The first kappa shape index (κ1) is 23.6. The van der Waals surface area contributed by atoms with E-state index in [0.717, 1.165) is 9.80 Å². The van der Waals surface area contributed by atoms with Crippen molar-refractivity contribution in [1.29, 1.82) is 0 Å². The van der Waals surface area contributed by atoms with Crippen molar-refractivity contribution in [3.63, 3.8) is 0 Å². The molecule has 1 aromatic carbocycles. The highest BCUT2D eigenvalue weighted by Gasteiger charge is 2.47. The first-order valence-corrected chi connectivity index (χ1v) is 10.9. The smallest absolute Gasteiger partial charge is 0.323 e. The first-order chi connectivity index (χ1) is 15.2. The number of piperidine rings is 1. The standard InChI is InChI=1S/C23H29N3O6/c1-5-24(6-2)15(4)23(31)32-13-12-25-18(27)11-10-17(21(25)29)26-20(28)16-9-7-8-14(3)19(16)22(26)30/h7-9,15,17H,5-6,10-13H2,1-4H3/t15-,17?/m0/s1. The van der Waals surface area contributed by atoms with Crippen molar-refractivity contribution in [2.75, 3.05) is 26.2 Å².